The zero-order valence-electron chi connectivity index (χ0n) is 12.6. The molecule has 1 unspecified atom stereocenters. The smallest absolute Gasteiger partial charge is 0.0419 e. The second-order valence-electron chi connectivity index (χ2n) is 5.88. The summed E-state index contributed by atoms with van der Waals surface area (Å²) in [4.78, 5) is 4.53. The first-order valence-corrected chi connectivity index (χ1v) is 7.14. The third-order valence-electron chi connectivity index (χ3n) is 3.88. The van der Waals surface area contributed by atoms with Crippen molar-refractivity contribution < 1.29 is 0 Å². The first-order chi connectivity index (χ1) is 8.49. The standard InChI is InChI=1S/C16H28N2/c1-6-10-17-15(16(4,5)7-2)11-14-9-8-13(3)12-18-14/h8-9,12,15,17H,6-7,10-11H2,1-5H3. The van der Waals surface area contributed by atoms with Crippen LogP contribution in [0.2, 0.25) is 0 Å². The number of hydrogen-bond donors (Lipinski definition) is 1. The third-order valence-corrected chi connectivity index (χ3v) is 3.88. The molecule has 0 aliphatic carbocycles. The number of aromatic nitrogens is 1. The highest BCUT2D eigenvalue weighted by atomic mass is 14.9. The van der Waals surface area contributed by atoms with Gasteiger partial charge in [-0.25, -0.2) is 0 Å². The molecular formula is C16H28N2. The molecule has 0 aromatic carbocycles. The number of nitrogens with one attached hydrogen (secondary N) is 1. The second-order valence-corrected chi connectivity index (χ2v) is 5.88. The Labute approximate surface area is 112 Å². The van der Waals surface area contributed by atoms with Crippen molar-refractivity contribution in [3.63, 3.8) is 0 Å². The average Bonchev–Trinajstić information content (AvgIpc) is 2.36. The minimum absolute atomic E-state index is 0.307. The van der Waals surface area contributed by atoms with Crippen LogP contribution in [0.4, 0.5) is 0 Å². The van der Waals surface area contributed by atoms with Crippen LogP contribution in [0, 0.1) is 12.3 Å². The lowest BCUT2D eigenvalue weighted by Gasteiger charge is -2.34. The second kappa shape index (κ2) is 6.89. The molecule has 2 heteroatoms. The summed E-state index contributed by atoms with van der Waals surface area (Å²) in [5.74, 6) is 0. The van der Waals surface area contributed by atoms with Crippen molar-refractivity contribution in [2.75, 3.05) is 6.54 Å². The van der Waals surface area contributed by atoms with Gasteiger partial charge in [0.2, 0.25) is 0 Å². The van der Waals surface area contributed by atoms with E-state index >= 15 is 0 Å². The quantitative estimate of drug-likeness (QED) is 0.795. The van der Waals surface area contributed by atoms with E-state index in [1.165, 1.54) is 24.1 Å². The zero-order valence-corrected chi connectivity index (χ0v) is 12.6. The summed E-state index contributed by atoms with van der Waals surface area (Å²) in [7, 11) is 0. The van der Waals surface area contributed by atoms with Crippen LogP contribution in [0.25, 0.3) is 0 Å². The maximum Gasteiger partial charge on any atom is 0.0419 e. The molecule has 1 aromatic heterocycles. The molecule has 0 amide bonds. The van der Waals surface area contributed by atoms with Crippen LogP contribution < -0.4 is 5.32 Å². The Morgan fingerprint density at radius 2 is 2.00 bits per heavy atom. The first-order valence-electron chi connectivity index (χ1n) is 7.14. The summed E-state index contributed by atoms with van der Waals surface area (Å²) >= 11 is 0. The van der Waals surface area contributed by atoms with Crippen LogP contribution in [0.1, 0.15) is 51.8 Å². The Morgan fingerprint density at radius 1 is 1.28 bits per heavy atom. The van der Waals surface area contributed by atoms with Gasteiger partial charge in [0, 0.05) is 24.4 Å². The Morgan fingerprint density at radius 3 is 2.50 bits per heavy atom. The van der Waals surface area contributed by atoms with Gasteiger partial charge in [0.1, 0.15) is 0 Å². The fourth-order valence-corrected chi connectivity index (χ4v) is 2.02. The molecule has 102 valence electrons. The van der Waals surface area contributed by atoms with E-state index in [4.69, 9.17) is 0 Å². The summed E-state index contributed by atoms with van der Waals surface area (Å²) in [6, 6.07) is 4.80. The van der Waals surface area contributed by atoms with Crippen molar-refractivity contribution in [1.29, 1.82) is 0 Å². The van der Waals surface area contributed by atoms with E-state index in [9.17, 15) is 0 Å². The van der Waals surface area contributed by atoms with Crippen LogP contribution in [0.3, 0.4) is 0 Å². The molecule has 0 bridgehead atoms. The summed E-state index contributed by atoms with van der Waals surface area (Å²) in [6.07, 6.45) is 5.34. The minimum atomic E-state index is 0.307. The molecule has 1 aromatic rings. The molecule has 0 saturated heterocycles. The van der Waals surface area contributed by atoms with Crippen LogP contribution in [0.5, 0.6) is 0 Å². The molecule has 0 aliphatic heterocycles. The highest BCUT2D eigenvalue weighted by molar-refractivity contribution is 5.13. The molecule has 0 radical (unpaired) electrons. The van der Waals surface area contributed by atoms with Gasteiger partial charge in [-0.15, -0.1) is 0 Å². The predicted molar refractivity (Wildman–Crippen MR) is 78.8 cm³/mol. The van der Waals surface area contributed by atoms with E-state index in [1.807, 2.05) is 6.20 Å². The average molecular weight is 248 g/mol. The molecular weight excluding hydrogens is 220 g/mol. The Hall–Kier alpha value is -0.890. The van der Waals surface area contributed by atoms with E-state index in [-0.39, 0.29) is 0 Å². The van der Waals surface area contributed by atoms with Gasteiger partial charge in [0.25, 0.3) is 0 Å². The van der Waals surface area contributed by atoms with Gasteiger partial charge in [0.05, 0.1) is 0 Å². The van der Waals surface area contributed by atoms with Crippen molar-refractivity contribution in [2.45, 2.75) is 59.9 Å². The Balaban J connectivity index is 2.74. The van der Waals surface area contributed by atoms with Crippen LogP contribution in [-0.4, -0.2) is 17.6 Å². The lowest BCUT2D eigenvalue weighted by molar-refractivity contribution is 0.229. The number of pyridine rings is 1. The summed E-state index contributed by atoms with van der Waals surface area (Å²) in [5, 5.41) is 3.68. The molecule has 1 atom stereocenters. The number of aryl methyl sites for hydroxylation is 1. The van der Waals surface area contributed by atoms with Crippen molar-refractivity contribution in [3.05, 3.63) is 29.6 Å². The molecule has 2 nitrogen and oxygen atoms in total. The van der Waals surface area contributed by atoms with Gasteiger partial charge < -0.3 is 5.32 Å². The molecule has 1 N–H and O–H groups in total. The fourth-order valence-electron chi connectivity index (χ4n) is 2.02. The molecule has 1 heterocycles. The Bertz CT molecular complexity index is 341. The predicted octanol–water partition coefficient (Wildman–Crippen LogP) is 3.74. The van der Waals surface area contributed by atoms with Crippen LogP contribution in [0.15, 0.2) is 18.3 Å². The number of hydrogen-bond acceptors (Lipinski definition) is 2. The molecule has 0 spiro atoms. The van der Waals surface area contributed by atoms with E-state index < -0.39 is 0 Å². The number of rotatable bonds is 7. The third kappa shape index (κ3) is 4.41. The van der Waals surface area contributed by atoms with Crippen LogP contribution >= 0.6 is 0 Å². The summed E-state index contributed by atoms with van der Waals surface area (Å²) in [6.45, 7) is 12.3. The van der Waals surface area contributed by atoms with E-state index in [0.29, 0.717) is 11.5 Å². The van der Waals surface area contributed by atoms with Crippen molar-refractivity contribution in [2.24, 2.45) is 5.41 Å². The van der Waals surface area contributed by atoms with Gasteiger partial charge in [-0.3, -0.25) is 4.98 Å². The fraction of sp³-hybridized carbons (Fsp3) is 0.688. The van der Waals surface area contributed by atoms with Crippen LogP contribution in [-0.2, 0) is 6.42 Å². The van der Waals surface area contributed by atoms with E-state index in [0.717, 1.165) is 13.0 Å². The van der Waals surface area contributed by atoms with Crippen molar-refractivity contribution in [3.8, 4) is 0 Å². The molecule has 1 rings (SSSR count). The normalized spacial score (nSPS) is 13.6. The molecule has 0 saturated carbocycles. The topological polar surface area (TPSA) is 24.9 Å². The molecule has 0 aliphatic rings. The minimum Gasteiger partial charge on any atom is -0.313 e. The van der Waals surface area contributed by atoms with E-state index in [2.05, 4.69) is 57.1 Å². The lowest BCUT2D eigenvalue weighted by Crippen LogP contribution is -2.43. The van der Waals surface area contributed by atoms with Gasteiger partial charge in [-0.1, -0.05) is 33.8 Å². The molecule has 0 fully saturated rings. The summed E-state index contributed by atoms with van der Waals surface area (Å²) in [5.41, 5.74) is 2.73. The SMILES string of the molecule is CCCNC(Cc1ccc(C)cn1)C(C)(C)CC. The van der Waals surface area contributed by atoms with Crippen molar-refractivity contribution >= 4 is 0 Å². The van der Waals surface area contributed by atoms with Gasteiger partial charge in [-0.05, 0) is 43.4 Å². The highest BCUT2D eigenvalue weighted by Crippen LogP contribution is 2.27. The highest BCUT2D eigenvalue weighted by Gasteiger charge is 2.27. The maximum absolute atomic E-state index is 4.53. The first kappa shape index (κ1) is 15.2. The van der Waals surface area contributed by atoms with E-state index in [1.54, 1.807) is 0 Å². The maximum atomic E-state index is 4.53. The molecule has 18 heavy (non-hydrogen) atoms. The van der Waals surface area contributed by atoms with Gasteiger partial charge in [0.15, 0.2) is 0 Å². The summed E-state index contributed by atoms with van der Waals surface area (Å²) < 4.78 is 0. The monoisotopic (exact) mass is 248 g/mol. The largest absolute Gasteiger partial charge is 0.313 e. The van der Waals surface area contributed by atoms with Crippen molar-refractivity contribution in [1.82, 2.24) is 10.3 Å². The number of nitrogens with zero attached hydrogens (tertiary/aromatic N) is 1. The van der Waals surface area contributed by atoms with Gasteiger partial charge >= 0.3 is 0 Å². The zero-order chi connectivity index (χ0) is 13.6. The Kier molecular flexibility index (Phi) is 5.80. The van der Waals surface area contributed by atoms with Gasteiger partial charge in [-0.2, -0.15) is 0 Å². The lowest BCUT2D eigenvalue weighted by atomic mass is 9.79.